The Labute approximate surface area is 130 Å². The number of nitrogens with one attached hydrogen (secondary N) is 1. The minimum atomic E-state index is -3.71. The Morgan fingerprint density at radius 2 is 1.90 bits per heavy atom. The molecule has 0 heterocycles. The summed E-state index contributed by atoms with van der Waals surface area (Å²) < 4.78 is 27.8. The van der Waals surface area contributed by atoms with E-state index in [0.717, 1.165) is 11.1 Å². The van der Waals surface area contributed by atoms with Gasteiger partial charge in [0, 0.05) is 10.7 Å². The van der Waals surface area contributed by atoms with Crippen molar-refractivity contribution in [2.24, 2.45) is 0 Å². The number of rotatable bonds is 4. The van der Waals surface area contributed by atoms with Gasteiger partial charge in [-0.05, 0) is 48.7 Å². The van der Waals surface area contributed by atoms with Crippen molar-refractivity contribution >= 4 is 33.0 Å². The van der Waals surface area contributed by atoms with Gasteiger partial charge < -0.3 is 5.73 Å². The molecule has 0 aliphatic rings. The summed E-state index contributed by atoms with van der Waals surface area (Å²) in [5.41, 5.74) is 8.11. The lowest BCUT2D eigenvalue weighted by atomic mass is 10.1. The Kier molecular flexibility index (Phi) is 4.44. The largest absolute Gasteiger partial charge is 0.399 e. The van der Waals surface area contributed by atoms with Crippen LogP contribution in [-0.4, -0.2) is 8.42 Å². The van der Waals surface area contributed by atoms with Crippen molar-refractivity contribution in [1.29, 1.82) is 0 Å². The Morgan fingerprint density at radius 3 is 2.57 bits per heavy atom. The fourth-order valence-electron chi connectivity index (χ4n) is 2.02. The highest BCUT2D eigenvalue weighted by Crippen LogP contribution is 2.26. The number of anilines is 2. The third kappa shape index (κ3) is 3.49. The van der Waals surface area contributed by atoms with Crippen molar-refractivity contribution in [3.63, 3.8) is 0 Å². The average Bonchev–Trinajstić information content (AvgIpc) is 2.42. The van der Waals surface area contributed by atoms with Crippen LogP contribution in [0, 0.1) is 6.92 Å². The van der Waals surface area contributed by atoms with E-state index < -0.39 is 10.0 Å². The number of nitrogens with two attached hydrogens (primary N) is 1. The molecule has 6 heteroatoms. The van der Waals surface area contributed by atoms with Crippen LogP contribution in [0.5, 0.6) is 0 Å². The molecule has 0 aliphatic carbocycles. The van der Waals surface area contributed by atoms with Crippen LogP contribution in [0.4, 0.5) is 11.4 Å². The van der Waals surface area contributed by atoms with Gasteiger partial charge in [0.2, 0.25) is 0 Å². The molecule has 2 aromatic rings. The summed E-state index contributed by atoms with van der Waals surface area (Å²) in [6, 6.07) is 9.97. The maximum atomic E-state index is 12.6. The van der Waals surface area contributed by atoms with Crippen LogP contribution >= 0.6 is 11.6 Å². The van der Waals surface area contributed by atoms with Crippen molar-refractivity contribution < 1.29 is 8.42 Å². The number of aryl methyl sites for hydroxylation is 2. The topological polar surface area (TPSA) is 72.2 Å². The van der Waals surface area contributed by atoms with E-state index >= 15 is 0 Å². The number of benzene rings is 2. The van der Waals surface area contributed by atoms with E-state index in [0.29, 0.717) is 22.8 Å². The number of halogens is 1. The second-order valence-corrected chi connectivity index (χ2v) is 6.87. The second kappa shape index (κ2) is 5.95. The van der Waals surface area contributed by atoms with Crippen molar-refractivity contribution in [2.45, 2.75) is 25.2 Å². The zero-order valence-corrected chi connectivity index (χ0v) is 13.4. The molecule has 21 heavy (non-hydrogen) atoms. The number of hydrogen-bond donors (Lipinski definition) is 2. The van der Waals surface area contributed by atoms with Gasteiger partial charge in [-0.2, -0.15) is 0 Å². The third-order valence-corrected chi connectivity index (χ3v) is 4.89. The number of sulfonamides is 1. The molecule has 4 nitrogen and oxygen atoms in total. The zero-order valence-electron chi connectivity index (χ0n) is 11.9. The summed E-state index contributed by atoms with van der Waals surface area (Å²) in [4.78, 5) is 0.198. The zero-order chi connectivity index (χ0) is 15.6. The summed E-state index contributed by atoms with van der Waals surface area (Å²) >= 11 is 5.92. The van der Waals surface area contributed by atoms with Gasteiger partial charge in [-0.25, -0.2) is 8.42 Å². The summed E-state index contributed by atoms with van der Waals surface area (Å²) in [7, 11) is -3.71. The monoisotopic (exact) mass is 324 g/mol. The van der Waals surface area contributed by atoms with E-state index in [9.17, 15) is 8.42 Å². The summed E-state index contributed by atoms with van der Waals surface area (Å²) in [6.07, 6.45) is 0.602. The average molecular weight is 325 g/mol. The molecular weight excluding hydrogens is 308 g/mol. The first kappa shape index (κ1) is 15.7. The highest BCUT2D eigenvalue weighted by molar-refractivity contribution is 7.92. The second-order valence-electron chi connectivity index (χ2n) is 4.79. The highest BCUT2D eigenvalue weighted by atomic mass is 35.5. The van der Waals surface area contributed by atoms with Crippen LogP contribution in [-0.2, 0) is 16.4 Å². The Morgan fingerprint density at radius 1 is 1.19 bits per heavy atom. The van der Waals surface area contributed by atoms with E-state index in [-0.39, 0.29) is 4.90 Å². The van der Waals surface area contributed by atoms with Crippen LogP contribution in [0.2, 0.25) is 5.02 Å². The molecule has 0 saturated heterocycles. The van der Waals surface area contributed by atoms with Gasteiger partial charge in [0.25, 0.3) is 10.0 Å². The lowest BCUT2D eigenvalue weighted by molar-refractivity contribution is 0.600. The van der Waals surface area contributed by atoms with Gasteiger partial charge in [0.05, 0.1) is 10.6 Å². The summed E-state index contributed by atoms with van der Waals surface area (Å²) in [5.74, 6) is 0. The molecule has 0 unspecified atom stereocenters. The highest BCUT2D eigenvalue weighted by Gasteiger charge is 2.19. The first-order chi connectivity index (χ1) is 9.83. The molecular formula is C15H17ClN2O2S. The van der Waals surface area contributed by atoms with E-state index in [1.54, 1.807) is 30.3 Å². The Hall–Kier alpha value is -1.72. The molecule has 0 aromatic heterocycles. The van der Waals surface area contributed by atoms with Crippen LogP contribution in [0.25, 0.3) is 0 Å². The fraction of sp³-hybridized carbons (Fsp3) is 0.200. The molecule has 0 saturated carbocycles. The number of nitrogen functional groups attached to an aromatic ring is 1. The van der Waals surface area contributed by atoms with Gasteiger partial charge in [-0.1, -0.05) is 30.7 Å². The smallest absolute Gasteiger partial charge is 0.262 e. The minimum absolute atomic E-state index is 0.198. The summed E-state index contributed by atoms with van der Waals surface area (Å²) in [5, 5.41) is 0.474. The quantitative estimate of drug-likeness (QED) is 0.844. The molecule has 3 N–H and O–H groups in total. The maximum Gasteiger partial charge on any atom is 0.262 e. The molecule has 0 amide bonds. The maximum absolute atomic E-state index is 12.6. The van der Waals surface area contributed by atoms with Crippen LogP contribution < -0.4 is 10.5 Å². The molecule has 0 spiro atoms. The molecule has 112 valence electrons. The fourth-order valence-corrected chi connectivity index (χ4v) is 3.66. The van der Waals surface area contributed by atoms with Crippen molar-refractivity contribution in [1.82, 2.24) is 0 Å². The van der Waals surface area contributed by atoms with Gasteiger partial charge in [-0.3, -0.25) is 4.72 Å². The van der Waals surface area contributed by atoms with Gasteiger partial charge >= 0.3 is 0 Å². The minimum Gasteiger partial charge on any atom is -0.399 e. The predicted octanol–water partition coefficient (Wildman–Crippen LogP) is 3.59. The Balaban J connectivity index is 2.48. The van der Waals surface area contributed by atoms with Crippen LogP contribution in [0.3, 0.4) is 0 Å². The molecule has 0 atom stereocenters. The predicted molar refractivity (Wildman–Crippen MR) is 87.2 cm³/mol. The van der Waals surface area contributed by atoms with E-state index in [4.69, 9.17) is 17.3 Å². The first-order valence-corrected chi connectivity index (χ1v) is 8.37. The molecule has 0 aliphatic heterocycles. The van der Waals surface area contributed by atoms with E-state index in [1.807, 2.05) is 13.8 Å². The van der Waals surface area contributed by atoms with Crippen LogP contribution in [0.15, 0.2) is 41.3 Å². The number of hydrogen-bond acceptors (Lipinski definition) is 3. The van der Waals surface area contributed by atoms with Gasteiger partial charge in [0.1, 0.15) is 0 Å². The van der Waals surface area contributed by atoms with Crippen LogP contribution in [0.1, 0.15) is 18.1 Å². The lowest BCUT2D eigenvalue weighted by Crippen LogP contribution is -2.16. The normalized spacial score (nSPS) is 11.4. The molecule has 0 fully saturated rings. The lowest BCUT2D eigenvalue weighted by Gasteiger charge is -2.14. The SMILES string of the molecule is CCc1ccc(N)cc1S(=O)(=O)Nc1cc(Cl)ccc1C. The third-order valence-electron chi connectivity index (χ3n) is 3.21. The van der Waals surface area contributed by atoms with Crippen molar-refractivity contribution in [3.8, 4) is 0 Å². The van der Waals surface area contributed by atoms with E-state index in [1.165, 1.54) is 6.07 Å². The van der Waals surface area contributed by atoms with E-state index in [2.05, 4.69) is 4.72 Å². The van der Waals surface area contributed by atoms with Crippen molar-refractivity contribution in [2.75, 3.05) is 10.5 Å². The molecule has 2 rings (SSSR count). The van der Waals surface area contributed by atoms with Crippen molar-refractivity contribution in [3.05, 3.63) is 52.5 Å². The first-order valence-electron chi connectivity index (χ1n) is 6.51. The Bertz CT molecular complexity index is 773. The summed E-state index contributed by atoms with van der Waals surface area (Å²) in [6.45, 7) is 3.71. The van der Waals surface area contributed by atoms with Gasteiger partial charge in [0.15, 0.2) is 0 Å². The standard InChI is InChI=1S/C15H17ClN2O2S/c1-3-11-5-7-13(17)9-15(11)21(19,20)18-14-8-12(16)6-4-10(14)2/h4-9,18H,3,17H2,1-2H3. The molecule has 2 aromatic carbocycles. The van der Waals surface area contributed by atoms with Gasteiger partial charge in [-0.15, -0.1) is 0 Å². The molecule has 0 bridgehead atoms. The molecule has 0 radical (unpaired) electrons.